The lowest BCUT2D eigenvalue weighted by molar-refractivity contribution is 0.411. The SMILES string of the molecule is O=C=C(CCCBr)C1CCNCC1. The molecule has 0 amide bonds. The van der Waals surface area contributed by atoms with Crippen LogP contribution in [0.2, 0.25) is 0 Å². The van der Waals surface area contributed by atoms with Crippen molar-refractivity contribution < 1.29 is 4.79 Å². The molecule has 1 heterocycles. The molecular weight excluding hydrogens is 230 g/mol. The van der Waals surface area contributed by atoms with Gasteiger partial charge in [0.15, 0.2) is 0 Å². The summed E-state index contributed by atoms with van der Waals surface area (Å²) < 4.78 is 0. The van der Waals surface area contributed by atoms with E-state index in [-0.39, 0.29) is 0 Å². The van der Waals surface area contributed by atoms with Crippen LogP contribution in [0.3, 0.4) is 0 Å². The molecule has 0 radical (unpaired) electrons. The molecular formula is C10H16BrNO. The van der Waals surface area contributed by atoms with E-state index in [0.29, 0.717) is 5.92 Å². The predicted octanol–water partition coefficient (Wildman–Crippen LogP) is 1.92. The molecule has 0 bridgehead atoms. The second-order valence-electron chi connectivity index (χ2n) is 3.44. The summed E-state index contributed by atoms with van der Waals surface area (Å²) in [5, 5.41) is 4.27. The van der Waals surface area contributed by atoms with E-state index in [1.54, 1.807) is 0 Å². The van der Waals surface area contributed by atoms with Gasteiger partial charge < -0.3 is 5.32 Å². The number of halogens is 1. The van der Waals surface area contributed by atoms with Gasteiger partial charge in [-0.3, -0.25) is 0 Å². The summed E-state index contributed by atoms with van der Waals surface area (Å²) in [6, 6.07) is 0. The smallest absolute Gasteiger partial charge is 0.123 e. The molecule has 0 aromatic rings. The van der Waals surface area contributed by atoms with Gasteiger partial charge in [0, 0.05) is 10.9 Å². The van der Waals surface area contributed by atoms with Crippen molar-refractivity contribution in [2.75, 3.05) is 18.4 Å². The standard InChI is InChI=1S/C10H16BrNO/c11-5-1-2-10(8-13)9-3-6-12-7-4-9/h9,12H,1-7H2. The molecule has 0 unspecified atom stereocenters. The normalized spacial score (nSPS) is 18.2. The number of alkyl halides is 1. The summed E-state index contributed by atoms with van der Waals surface area (Å²) in [5.41, 5.74) is 1.00. The van der Waals surface area contributed by atoms with Crippen molar-refractivity contribution >= 4 is 21.9 Å². The highest BCUT2D eigenvalue weighted by Gasteiger charge is 2.17. The van der Waals surface area contributed by atoms with Crippen molar-refractivity contribution in [2.45, 2.75) is 25.7 Å². The zero-order valence-electron chi connectivity index (χ0n) is 7.81. The molecule has 74 valence electrons. The van der Waals surface area contributed by atoms with Crippen LogP contribution in [0.25, 0.3) is 0 Å². The molecule has 3 heteroatoms. The number of hydrogen-bond acceptors (Lipinski definition) is 2. The van der Waals surface area contributed by atoms with E-state index in [1.165, 1.54) is 0 Å². The van der Waals surface area contributed by atoms with E-state index < -0.39 is 0 Å². The molecule has 0 aromatic heterocycles. The topological polar surface area (TPSA) is 29.1 Å². The molecule has 1 saturated heterocycles. The van der Waals surface area contributed by atoms with Gasteiger partial charge in [-0.25, -0.2) is 4.79 Å². The molecule has 2 nitrogen and oxygen atoms in total. The predicted molar refractivity (Wildman–Crippen MR) is 57.8 cm³/mol. The Labute approximate surface area is 87.9 Å². The second kappa shape index (κ2) is 6.36. The number of hydrogen-bond donors (Lipinski definition) is 1. The molecule has 0 aromatic carbocycles. The Morgan fingerprint density at radius 1 is 1.46 bits per heavy atom. The summed E-state index contributed by atoms with van der Waals surface area (Å²) in [6.45, 7) is 2.09. The van der Waals surface area contributed by atoms with E-state index in [0.717, 1.165) is 49.7 Å². The molecule has 0 atom stereocenters. The first kappa shape index (κ1) is 11.0. The average Bonchev–Trinajstić information content (AvgIpc) is 2.21. The first-order chi connectivity index (χ1) is 6.38. The van der Waals surface area contributed by atoms with Gasteiger partial charge in [0.25, 0.3) is 0 Å². The maximum Gasteiger partial charge on any atom is 0.123 e. The van der Waals surface area contributed by atoms with Crippen LogP contribution in [0.4, 0.5) is 0 Å². The highest BCUT2D eigenvalue weighted by molar-refractivity contribution is 9.09. The van der Waals surface area contributed by atoms with Gasteiger partial charge in [-0.05, 0) is 44.7 Å². The number of rotatable bonds is 4. The van der Waals surface area contributed by atoms with Crippen molar-refractivity contribution in [2.24, 2.45) is 5.92 Å². The van der Waals surface area contributed by atoms with Gasteiger partial charge in [-0.15, -0.1) is 0 Å². The van der Waals surface area contributed by atoms with Crippen LogP contribution in [0, 0.1) is 5.92 Å². The van der Waals surface area contributed by atoms with Gasteiger partial charge in [0.05, 0.1) is 0 Å². The average molecular weight is 246 g/mol. The summed E-state index contributed by atoms with van der Waals surface area (Å²) >= 11 is 3.38. The van der Waals surface area contributed by atoms with Gasteiger partial charge in [-0.2, -0.15) is 0 Å². The van der Waals surface area contributed by atoms with Crippen molar-refractivity contribution in [1.29, 1.82) is 0 Å². The summed E-state index contributed by atoms with van der Waals surface area (Å²) in [7, 11) is 0. The van der Waals surface area contributed by atoms with Crippen molar-refractivity contribution in [1.82, 2.24) is 5.32 Å². The monoisotopic (exact) mass is 245 g/mol. The van der Waals surface area contributed by atoms with Crippen LogP contribution >= 0.6 is 15.9 Å². The van der Waals surface area contributed by atoms with Crippen molar-refractivity contribution in [3.05, 3.63) is 5.57 Å². The fraction of sp³-hybridized carbons (Fsp3) is 0.800. The van der Waals surface area contributed by atoms with Gasteiger partial charge in [0.2, 0.25) is 0 Å². The zero-order valence-corrected chi connectivity index (χ0v) is 9.40. The highest BCUT2D eigenvalue weighted by Crippen LogP contribution is 2.23. The molecule has 13 heavy (non-hydrogen) atoms. The Hall–Kier alpha value is -0.110. The minimum Gasteiger partial charge on any atom is -0.317 e. The zero-order chi connectivity index (χ0) is 9.52. The molecule has 1 aliphatic rings. The second-order valence-corrected chi connectivity index (χ2v) is 4.24. The maximum absolute atomic E-state index is 10.7. The number of piperidine rings is 1. The first-order valence-electron chi connectivity index (χ1n) is 4.89. The fourth-order valence-corrected chi connectivity index (χ4v) is 2.05. The molecule has 1 fully saturated rings. The summed E-state index contributed by atoms with van der Waals surface area (Å²) in [4.78, 5) is 10.7. The lowest BCUT2D eigenvalue weighted by atomic mass is 9.88. The third kappa shape index (κ3) is 3.63. The van der Waals surface area contributed by atoms with Gasteiger partial charge in [-0.1, -0.05) is 15.9 Å². The number of carbonyl (C=O) groups excluding carboxylic acids is 1. The van der Waals surface area contributed by atoms with Crippen LogP contribution in [-0.2, 0) is 4.79 Å². The largest absolute Gasteiger partial charge is 0.317 e. The molecule has 1 rings (SSSR count). The Kier molecular flexibility index (Phi) is 5.37. The van der Waals surface area contributed by atoms with Gasteiger partial charge in [0.1, 0.15) is 5.94 Å². The minimum atomic E-state index is 0.498. The molecule has 1 N–H and O–H groups in total. The van der Waals surface area contributed by atoms with Gasteiger partial charge >= 0.3 is 0 Å². The first-order valence-corrected chi connectivity index (χ1v) is 6.01. The fourth-order valence-electron chi connectivity index (χ4n) is 1.77. The van der Waals surface area contributed by atoms with E-state index in [4.69, 9.17) is 0 Å². The Balaban J connectivity index is 2.40. The summed E-state index contributed by atoms with van der Waals surface area (Å²) in [6.07, 6.45) is 4.17. The number of allylic oxidation sites excluding steroid dienone is 1. The van der Waals surface area contributed by atoms with Crippen LogP contribution in [0.5, 0.6) is 0 Å². The third-order valence-electron chi connectivity index (χ3n) is 2.54. The van der Waals surface area contributed by atoms with Crippen LogP contribution in [0.1, 0.15) is 25.7 Å². The Morgan fingerprint density at radius 2 is 2.15 bits per heavy atom. The molecule has 0 spiro atoms. The van der Waals surface area contributed by atoms with Crippen LogP contribution in [-0.4, -0.2) is 24.4 Å². The molecule has 0 aliphatic carbocycles. The summed E-state index contributed by atoms with van der Waals surface area (Å²) in [5.74, 6) is 2.62. The number of nitrogens with one attached hydrogen (secondary N) is 1. The molecule has 0 saturated carbocycles. The lowest BCUT2D eigenvalue weighted by Gasteiger charge is -2.22. The maximum atomic E-state index is 10.7. The van der Waals surface area contributed by atoms with Crippen molar-refractivity contribution in [3.8, 4) is 0 Å². The van der Waals surface area contributed by atoms with E-state index in [2.05, 4.69) is 27.2 Å². The van der Waals surface area contributed by atoms with E-state index >= 15 is 0 Å². The minimum absolute atomic E-state index is 0.498. The van der Waals surface area contributed by atoms with Crippen LogP contribution in [0.15, 0.2) is 5.57 Å². The molecule has 1 aliphatic heterocycles. The van der Waals surface area contributed by atoms with Crippen LogP contribution < -0.4 is 5.32 Å². The Morgan fingerprint density at radius 3 is 2.69 bits per heavy atom. The third-order valence-corrected chi connectivity index (χ3v) is 3.10. The van der Waals surface area contributed by atoms with Crippen molar-refractivity contribution in [3.63, 3.8) is 0 Å². The van der Waals surface area contributed by atoms with E-state index in [1.807, 2.05) is 0 Å². The Bertz CT molecular complexity index is 193. The van der Waals surface area contributed by atoms with E-state index in [9.17, 15) is 4.79 Å². The highest BCUT2D eigenvalue weighted by atomic mass is 79.9. The lowest BCUT2D eigenvalue weighted by Crippen LogP contribution is -2.28. The quantitative estimate of drug-likeness (QED) is 0.606.